The van der Waals surface area contributed by atoms with E-state index in [0.717, 1.165) is 34.1 Å². The van der Waals surface area contributed by atoms with E-state index in [-0.39, 0.29) is 0 Å². The minimum Gasteiger partial charge on any atom is -0.312 e. The third-order valence-corrected chi connectivity index (χ3v) is 5.12. The van der Waals surface area contributed by atoms with E-state index in [1.165, 1.54) is 4.88 Å². The van der Waals surface area contributed by atoms with Crippen molar-refractivity contribution in [2.24, 2.45) is 0 Å². The van der Waals surface area contributed by atoms with Gasteiger partial charge in [0, 0.05) is 38.7 Å². The Bertz CT molecular complexity index is 323. The van der Waals surface area contributed by atoms with Crippen molar-refractivity contribution < 1.29 is 4.21 Å². The maximum absolute atomic E-state index is 10.8. The zero-order valence-electron chi connectivity index (χ0n) is 8.39. The Hall–Kier alpha value is 0.580. The van der Waals surface area contributed by atoms with Gasteiger partial charge in [-0.15, -0.1) is 11.3 Å². The standard InChI is InChI=1S/C9H13BrClNOS2/c1-15(13)4-2-3-12-6-7-5-8(10)9(11)14-7/h5,12H,2-4,6H2,1H3. The summed E-state index contributed by atoms with van der Waals surface area (Å²) < 4.78 is 12.5. The van der Waals surface area contributed by atoms with Gasteiger partial charge in [0.25, 0.3) is 0 Å². The second kappa shape index (κ2) is 7.01. The molecule has 6 heteroatoms. The number of hydrogen-bond donors (Lipinski definition) is 1. The highest BCUT2D eigenvalue weighted by Crippen LogP contribution is 2.31. The third-order valence-electron chi connectivity index (χ3n) is 1.78. The van der Waals surface area contributed by atoms with E-state index in [1.807, 2.05) is 6.07 Å². The number of halogens is 2. The molecule has 2 nitrogen and oxygen atoms in total. The second-order valence-corrected chi connectivity index (χ2v) is 7.29. The highest BCUT2D eigenvalue weighted by atomic mass is 79.9. The maximum atomic E-state index is 10.8. The predicted molar refractivity (Wildman–Crippen MR) is 72.3 cm³/mol. The monoisotopic (exact) mass is 329 g/mol. The first-order valence-corrected chi connectivity index (χ1v) is 8.25. The molecule has 0 amide bonds. The molecule has 1 atom stereocenters. The van der Waals surface area contributed by atoms with Crippen LogP contribution in [0.25, 0.3) is 0 Å². The van der Waals surface area contributed by atoms with E-state index in [0.29, 0.717) is 0 Å². The molecule has 0 aliphatic carbocycles. The van der Waals surface area contributed by atoms with Crippen molar-refractivity contribution in [1.29, 1.82) is 0 Å². The predicted octanol–water partition coefficient (Wildman–Crippen LogP) is 3.02. The Kier molecular flexibility index (Phi) is 6.38. The van der Waals surface area contributed by atoms with Gasteiger partial charge < -0.3 is 5.32 Å². The lowest BCUT2D eigenvalue weighted by Gasteiger charge is -2.01. The molecule has 1 aromatic rings. The molecule has 0 bridgehead atoms. The molecule has 86 valence electrons. The summed E-state index contributed by atoms with van der Waals surface area (Å²) in [5.41, 5.74) is 0. The summed E-state index contributed by atoms with van der Waals surface area (Å²) in [7, 11) is -0.679. The lowest BCUT2D eigenvalue weighted by atomic mass is 10.4. The Labute approximate surface area is 110 Å². The van der Waals surface area contributed by atoms with Gasteiger partial charge in [-0.1, -0.05) is 11.6 Å². The van der Waals surface area contributed by atoms with Crippen LogP contribution < -0.4 is 5.32 Å². The van der Waals surface area contributed by atoms with Gasteiger partial charge in [-0.2, -0.15) is 0 Å². The Morgan fingerprint density at radius 1 is 1.67 bits per heavy atom. The van der Waals surface area contributed by atoms with Crippen molar-refractivity contribution in [2.75, 3.05) is 18.6 Å². The molecule has 0 saturated carbocycles. The third kappa shape index (κ3) is 5.45. The molecule has 0 spiro atoms. The first-order chi connectivity index (χ1) is 7.09. The molecular formula is C9H13BrClNOS2. The van der Waals surface area contributed by atoms with Crippen molar-refractivity contribution in [3.05, 3.63) is 19.8 Å². The molecular weight excluding hydrogens is 318 g/mol. The Morgan fingerprint density at radius 2 is 2.40 bits per heavy atom. The van der Waals surface area contributed by atoms with Crippen LogP contribution in [-0.2, 0) is 17.3 Å². The van der Waals surface area contributed by atoms with E-state index >= 15 is 0 Å². The van der Waals surface area contributed by atoms with Crippen LogP contribution in [0.3, 0.4) is 0 Å². The fraction of sp³-hybridized carbons (Fsp3) is 0.556. The van der Waals surface area contributed by atoms with Crippen molar-refractivity contribution in [2.45, 2.75) is 13.0 Å². The van der Waals surface area contributed by atoms with Crippen molar-refractivity contribution in [3.8, 4) is 0 Å². The highest BCUT2D eigenvalue weighted by molar-refractivity contribution is 9.10. The molecule has 1 N–H and O–H groups in total. The van der Waals surface area contributed by atoms with Gasteiger partial charge in [-0.3, -0.25) is 4.21 Å². The Morgan fingerprint density at radius 3 is 2.93 bits per heavy atom. The average molecular weight is 331 g/mol. The molecule has 0 aliphatic rings. The van der Waals surface area contributed by atoms with Crippen LogP contribution in [0.2, 0.25) is 4.34 Å². The summed E-state index contributed by atoms with van der Waals surface area (Å²) in [5, 5.41) is 3.29. The molecule has 0 radical (unpaired) electrons. The van der Waals surface area contributed by atoms with Gasteiger partial charge in [-0.25, -0.2) is 0 Å². The number of nitrogens with one attached hydrogen (secondary N) is 1. The average Bonchev–Trinajstić information content (AvgIpc) is 2.45. The van der Waals surface area contributed by atoms with Crippen molar-refractivity contribution in [3.63, 3.8) is 0 Å². The van der Waals surface area contributed by atoms with Crippen LogP contribution in [-0.4, -0.2) is 22.8 Å². The topological polar surface area (TPSA) is 29.1 Å². The summed E-state index contributed by atoms with van der Waals surface area (Å²) in [5.74, 6) is 0.766. The van der Waals surface area contributed by atoms with Crippen molar-refractivity contribution in [1.82, 2.24) is 5.32 Å². The van der Waals surface area contributed by atoms with E-state index < -0.39 is 10.8 Å². The molecule has 1 unspecified atom stereocenters. The SMILES string of the molecule is CS(=O)CCCNCc1cc(Br)c(Cl)s1. The molecule has 1 aromatic heterocycles. The van der Waals surface area contributed by atoms with Crippen LogP contribution >= 0.6 is 38.9 Å². The van der Waals surface area contributed by atoms with Crippen LogP contribution in [0.1, 0.15) is 11.3 Å². The summed E-state index contributed by atoms with van der Waals surface area (Å²) in [6.07, 6.45) is 2.68. The molecule has 0 fully saturated rings. The smallest absolute Gasteiger partial charge is 0.107 e. The van der Waals surface area contributed by atoms with Gasteiger partial charge in [0.15, 0.2) is 0 Å². The van der Waals surface area contributed by atoms with Gasteiger partial charge in [0.2, 0.25) is 0 Å². The molecule has 15 heavy (non-hydrogen) atoms. The van der Waals surface area contributed by atoms with Crippen molar-refractivity contribution >= 4 is 49.7 Å². The fourth-order valence-electron chi connectivity index (χ4n) is 1.09. The molecule has 1 heterocycles. The minimum absolute atomic E-state index is 0.679. The summed E-state index contributed by atoms with van der Waals surface area (Å²) in [6, 6.07) is 2.03. The van der Waals surface area contributed by atoms with E-state index in [1.54, 1.807) is 17.6 Å². The number of rotatable bonds is 6. The lowest BCUT2D eigenvalue weighted by molar-refractivity contribution is 0.665. The number of thiophene rings is 1. The van der Waals surface area contributed by atoms with Crippen LogP contribution in [0, 0.1) is 0 Å². The first kappa shape index (κ1) is 13.6. The zero-order chi connectivity index (χ0) is 11.3. The molecule has 1 rings (SSSR count). The van der Waals surface area contributed by atoms with Crippen LogP contribution in [0.5, 0.6) is 0 Å². The largest absolute Gasteiger partial charge is 0.312 e. The normalized spacial score (nSPS) is 13.0. The first-order valence-electron chi connectivity index (χ1n) is 4.54. The second-order valence-electron chi connectivity index (χ2n) is 3.14. The number of hydrogen-bond acceptors (Lipinski definition) is 3. The Balaban J connectivity index is 2.18. The van der Waals surface area contributed by atoms with Crippen LogP contribution in [0.4, 0.5) is 0 Å². The quantitative estimate of drug-likeness (QED) is 0.812. The fourth-order valence-corrected chi connectivity index (χ4v) is 3.40. The van der Waals surface area contributed by atoms with Crippen LogP contribution in [0.15, 0.2) is 10.5 Å². The van der Waals surface area contributed by atoms with E-state index in [9.17, 15) is 4.21 Å². The summed E-state index contributed by atoms with van der Waals surface area (Å²) >= 11 is 10.9. The highest BCUT2D eigenvalue weighted by Gasteiger charge is 2.03. The van der Waals surface area contributed by atoms with Gasteiger partial charge >= 0.3 is 0 Å². The van der Waals surface area contributed by atoms with Gasteiger partial charge in [0.1, 0.15) is 4.34 Å². The molecule has 0 saturated heterocycles. The maximum Gasteiger partial charge on any atom is 0.107 e. The zero-order valence-corrected chi connectivity index (χ0v) is 12.4. The van der Waals surface area contributed by atoms with E-state index in [2.05, 4.69) is 21.2 Å². The van der Waals surface area contributed by atoms with Gasteiger partial charge in [0.05, 0.1) is 0 Å². The lowest BCUT2D eigenvalue weighted by Crippen LogP contribution is -2.15. The minimum atomic E-state index is -0.679. The van der Waals surface area contributed by atoms with E-state index in [4.69, 9.17) is 11.6 Å². The molecule has 0 aromatic carbocycles. The van der Waals surface area contributed by atoms with Gasteiger partial charge in [-0.05, 0) is 35.0 Å². The summed E-state index contributed by atoms with van der Waals surface area (Å²) in [4.78, 5) is 1.21. The summed E-state index contributed by atoms with van der Waals surface area (Å²) in [6.45, 7) is 1.72. The molecule has 0 aliphatic heterocycles.